The second kappa shape index (κ2) is 6.58. The van der Waals surface area contributed by atoms with E-state index in [1.165, 1.54) is 5.57 Å². The normalized spacial score (nSPS) is 23.9. The van der Waals surface area contributed by atoms with Crippen molar-refractivity contribution in [3.8, 4) is 0 Å². The highest BCUT2D eigenvalue weighted by molar-refractivity contribution is 5.81. The molecule has 3 rings (SSSR count). The number of likely N-dealkylation sites (tertiary alicyclic amines) is 1. The van der Waals surface area contributed by atoms with Crippen LogP contribution >= 0.6 is 0 Å². The van der Waals surface area contributed by atoms with Crippen molar-refractivity contribution < 1.29 is 19.1 Å². The number of rotatable bonds is 0. The van der Waals surface area contributed by atoms with Gasteiger partial charge in [-0.05, 0) is 50.3 Å². The van der Waals surface area contributed by atoms with Gasteiger partial charge >= 0.3 is 6.09 Å². The lowest BCUT2D eigenvalue weighted by Crippen LogP contribution is -2.38. The number of amides is 2. The van der Waals surface area contributed by atoms with Crippen LogP contribution in [0.5, 0.6) is 0 Å². The number of hydrogen-bond acceptors (Lipinski definition) is 4. The number of ether oxygens (including phenoxy) is 2. The van der Waals surface area contributed by atoms with Gasteiger partial charge in [0.1, 0.15) is 11.4 Å². The molecule has 0 spiro atoms. The second-order valence-electron chi connectivity index (χ2n) is 7.78. The average molecular weight is 346 g/mol. The summed E-state index contributed by atoms with van der Waals surface area (Å²) in [5.74, 6) is 0.825. The third kappa shape index (κ3) is 4.06. The Morgan fingerprint density at radius 2 is 2.16 bits per heavy atom. The van der Waals surface area contributed by atoms with Crippen LogP contribution in [0.1, 0.15) is 40.5 Å². The van der Waals surface area contributed by atoms with Gasteiger partial charge in [-0.2, -0.15) is 0 Å². The molecule has 0 aromatic rings. The molecule has 1 unspecified atom stereocenters. The summed E-state index contributed by atoms with van der Waals surface area (Å²) in [6.45, 7) is 9.02. The van der Waals surface area contributed by atoms with Crippen molar-refractivity contribution in [2.24, 2.45) is 5.92 Å². The fourth-order valence-corrected chi connectivity index (χ4v) is 3.33. The Morgan fingerprint density at radius 3 is 2.88 bits per heavy atom. The Balaban J connectivity index is 1.82. The van der Waals surface area contributed by atoms with Crippen LogP contribution in [0.25, 0.3) is 0 Å². The van der Waals surface area contributed by atoms with Crippen LogP contribution in [0.15, 0.2) is 34.8 Å². The van der Waals surface area contributed by atoms with Gasteiger partial charge in [0.15, 0.2) is 6.61 Å². The molecule has 6 heteroatoms. The van der Waals surface area contributed by atoms with Crippen LogP contribution < -0.4 is 5.32 Å². The maximum atomic E-state index is 12.4. The van der Waals surface area contributed by atoms with Gasteiger partial charge in [-0.25, -0.2) is 4.79 Å². The molecule has 0 aromatic heterocycles. The van der Waals surface area contributed by atoms with Gasteiger partial charge in [0, 0.05) is 19.5 Å². The van der Waals surface area contributed by atoms with E-state index in [1.807, 2.05) is 26.8 Å². The molecule has 1 fully saturated rings. The van der Waals surface area contributed by atoms with Crippen LogP contribution in [-0.2, 0) is 14.3 Å². The summed E-state index contributed by atoms with van der Waals surface area (Å²) in [5, 5.41) is 2.90. The van der Waals surface area contributed by atoms with Crippen molar-refractivity contribution in [2.45, 2.75) is 46.1 Å². The highest BCUT2D eigenvalue weighted by Crippen LogP contribution is 2.33. The molecule has 1 saturated heterocycles. The first kappa shape index (κ1) is 17.6. The van der Waals surface area contributed by atoms with Gasteiger partial charge < -0.3 is 19.7 Å². The lowest BCUT2D eigenvalue weighted by Gasteiger charge is -2.27. The van der Waals surface area contributed by atoms with E-state index >= 15 is 0 Å². The Labute approximate surface area is 148 Å². The van der Waals surface area contributed by atoms with Crippen molar-refractivity contribution in [1.29, 1.82) is 0 Å². The summed E-state index contributed by atoms with van der Waals surface area (Å²) in [6.07, 6.45) is 5.31. The number of nitrogens with zero attached hydrogens (tertiary/aromatic N) is 1. The fraction of sp³-hybridized carbons (Fsp3) is 0.579. The molecular formula is C19H26N2O4. The Morgan fingerprint density at radius 1 is 1.40 bits per heavy atom. The van der Waals surface area contributed by atoms with E-state index in [4.69, 9.17) is 9.47 Å². The summed E-state index contributed by atoms with van der Waals surface area (Å²) in [4.78, 5) is 25.8. The molecule has 25 heavy (non-hydrogen) atoms. The Bertz CT molecular complexity index is 682. The van der Waals surface area contributed by atoms with Gasteiger partial charge in [0.2, 0.25) is 0 Å². The van der Waals surface area contributed by atoms with Crippen LogP contribution in [-0.4, -0.2) is 42.2 Å². The monoisotopic (exact) mass is 346 g/mol. The van der Waals surface area contributed by atoms with Crippen molar-refractivity contribution >= 4 is 12.0 Å². The molecule has 6 nitrogen and oxygen atoms in total. The highest BCUT2D eigenvalue weighted by Gasteiger charge is 2.30. The summed E-state index contributed by atoms with van der Waals surface area (Å²) in [7, 11) is 0. The molecule has 1 N–H and O–H groups in total. The molecule has 2 amide bonds. The molecule has 3 aliphatic rings. The van der Waals surface area contributed by atoms with E-state index in [0.29, 0.717) is 19.5 Å². The summed E-state index contributed by atoms with van der Waals surface area (Å²) >= 11 is 0. The molecular weight excluding hydrogens is 320 g/mol. The van der Waals surface area contributed by atoms with Gasteiger partial charge in [0.25, 0.3) is 5.91 Å². The molecule has 2 aliphatic heterocycles. The van der Waals surface area contributed by atoms with Gasteiger partial charge in [-0.15, -0.1) is 0 Å². The average Bonchev–Trinajstić information content (AvgIpc) is 2.77. The summed E-state index contributed by atoms with van der Waals surface area (Å²) in [6, 6.07) is 0. The van der Waals surface area contributed by atoms with E-state index in [2.05, 4.69) is 18.3 Å². The maximum absolute atomic E-state index is 12.4. The number of carbonyl (C=O) groups excluding carboxylic acids is 2. The number of fused-ring (bicyclic) bond motifs is 1. The molecule has 0 radical (unpaired) electrons. The first-order valence-electron chi connectivity index (χ1n) is 8.77. The number of allylic oxidation sites excluding steroid dienone is 2. The van der Waals surface area contributed by atoms with Gasteiger partial charge in [-0.3, -0.25) is 4.79 Å². The third-order valence-corrected chi connectivity index (χ3v) is 4.48. The molecule has 1 aliphatic carbocycles. The standard InChI is InChI=1S/C19H26N2O4/c1-12-10-21(18(23)25-19(2,3)4)8-7-13-5-6-16-15(9-14(12)13)20-17(22)11-24-16/h5,9,12H,6-8,10-11H2,1-4H3,(H,20,22). The van der Waals surface area contributed by atoms with Gasteiger partial charge in [0.05, 0.1) is 5.70 Å². The minimum atomic E-state index is -0.501. The zero-order chi connectivity index (χ0) is 18.2. The molecule has 2 heterocycles. The van der Waals surface area contributed by atoms with Crippen LogP contribution in [0, 0.1) is 5.92 Å². The quantitative estimate of drug-likeness (QED) is 0.732. The van der Waals surface area contributed by atoms with Gasteiger partial charge in [-0.1, -0.05) is 13.0 Å². The lowest BCUT2D eigenvalue weighted by atomic mass is 9.92. The summed E-state index contributed by atoms with van der Waals surface area (Å²) in [5.41, 5.74) is 2.61. The number of nitrogens with one attached hydrogen (secondary N) is 1. The zero-order valence-electron chi connectivity index (χ0n) is 15.3. The van der Waals surface area contributed by atoms with Crippen molar-refractivity contribution in [3.63, 3.8) is 0 Å². The number of hydrogen-bond donors (Lipinski definition) is 1. The minimum Gasteiger partial charge on any atom is -0.486 e. The van der Waals surface area contributed by atoms with E-state index in [1.54, 1.807) is 4.90 Å². The number of carbonyl (C=O) groups is 2. The van der Waals surface area contributed by atoms with E-state index in [-0.39, 0.29) is 24.5 Å². The molecule has 1 atom stereocenters. The highest BCUT2D eigenvalue weighted by atomic mass is 16.6. The predicted molar refractivity (Wildman–Crippen MR) is 93.5 cm³/mol. The van der Waals surface area contributed by atoms with Crippen LogP contribution in [0.4, 0.5) is 4.79 Å². The first-order chi connectivity index (χ1) is 11.7. The smallest absolute Gasteiger partial charge is 0.410 e. The molecule has 136 valence electrons. The zero-order valence-corrected chi connectivity index (χ0v) is 15.3. The third-order valence-electron chi connectivity index (χ3n) is 4.48. The predicted octanol–water partition coefficient (Wildman–Crippen LogP) is 2.88. The Hall–Kier alpha value is -2.24. The maximum Gasteiger partial charge on any atom is 0.410 e. The van der Waals surface area contributed by atoms with E-state index in [9.17, 15) is 9.59 Å². The molecule has 0 aromatic carbocycles. The Kier molecular flexibility index (Phi) is 4.62. The molecule has 0 bridgehead atoms. The topological polar surface area (TPSA) is 67.9 Å². The van der Waals surface area contributed by atoms with E-state index in [0.717, 1.165) is 23.5 Å². The first-order valence-corrected chi connectivity index (χ1v) is 8.77. The largest absolute Gasteiger partial charge is 0.486 e. The van der Waals surface area contributed by atoms with Crippen molar-refractivity contribution in [1.82, 2.24) is 10.2 Å². The van der Waals surface area contributed by atoms with Crippen molar-refractivity contribution in [3.05, 3.63) is 34.8 Å². The lowest BCUT2D eigenvalue weighted by molar-refractivity contribution is -0.125. The SMILES string of the molecule is CC1CN(C(=O)OC(C)(C)C)CCC2=CCC3=C(C=C21)NC(=O)CO3. The summed E-state index contributed by atoms with van der Waals surface area (Å²) < 4.78 is 11.1. The molecule has 0 saturated carbocycles. The van der Waals surface area contributed by atoms with Crippen LogP contribution in [0.3, 0.4) is 0 Å². The van der Waals surface area contributed by atoms with Crippen LogP contribution in [0.2, 0.25) is 0 Å². The second-order valence-corrected chi connectivity index (χ2v) is 7.78. The minimum absolute atomic E-state index is 0.0765. The van der Waals surface area contributed by atoms with E-state index < -0.39 is 5.60 Å². The van der Waals surface area contributed by atoms with Crippen molar-refractivity contribution in [2.75, 3.05) is 19.7 Å². The fourth-order valence-electron chi connectivity index (χ4n) is 3.33.